The highest BCUT2D eigenvalue weighted by Gasteiger charge is 2.27. The molecule has 24 heavy (non-hydrogen) atoms. The molecule has 1 heterocycles. The summed E-state index contributed by atoms with van der Waals surface area (Å²) in [4.78, 5) is 12.4. The maximum atomic E-state index is 12.4. The van der Waals surface area contributed by atoms with E-state index in [0.717, 1.165) is 32.5 Å². The van der Waals surface area contributed by atoms with Crippen molar-refractivity contribution in [2.24, 2.45) is 5.41 Å². The smallest absolute Gasteiger partial charge is 0.166 e. The molecule has 0 N–H and O–H groups in total. The van der Waals surface area contributed by atoms with Crippen LogP contribution in [0.3, 0.4) is 0 Å². The van der Waals surface area contributed by atoms with Crippen molar-refractivity contribution in [2.45, 2.75) is 45.8 Å². The van der Waals surface area contributed by atoms with Crippen LogP contribution < -0.4 is 9.47 Å². The molecular weight excluding hydrogens is 308 g/mol. The molecule has 1 aromatic rings. The molecule has 0 radical (unpaired) electrons. The fourth-order valence-corrected chi connectivity index (χ4v) is 2.66. The SMILES string of the molecule is COc1ccc(OC)c(C(=O)CCCCC2OCC(C)(C)CO2)c1. The van der Waals surface area contributed by atoms with E-state index in [1.807, 2.05) is 0 Å². The van der Waals surface area contributed by atoms with E-state index in [1.165, 1.54) is 0 Å². The lowest BCUT2D eigenvalue weighted by Crippen LogP contribution is -2.37. The van der Waals surface area contributed by atoms with Gasteiger partial charge in [-0.15, -0.1) is 0 Å². The number of ether oxygens (including phenoxy) is 4. The monoisotopic (exact) mass is 336 g/mol. The second-order valence-corrected chi connectivity index (χ2v) is 6.95. The lowest BCUT2D eigenvalue weighted by atomic mass is 9.95. The fourth-order valence-electron chi connectivity index (χ4n) is 2.66. The van der Waals surface area contributed by atoms with Gasteiger partial charge < -0.3 is 18.9 Å². The summed E-state index contributed by atoms with van der Waals surface area (Å²) < 4.78 is 21.9. The molecular formula is C19H28O5. The summed E-state index contributed by atoms with van der Waals surface area (Å²) in [5.41, 5.74) is 0.666. The number of rotatable bonds is 8. The maximum Gasteiger partial charge on any atom is 0.166 e. The molecule has 0 bridgehead atoms. The lowest BCUT2D eigenvalue weighted by Gasteiger charge is -2.34. The molecule has 0 amide bonds. The highest BCUT2D eigenvalue weighted by molar-refractivity contribution is 5.99. The van der Waals surface area contributed by atoms with E-state index in [4.69, 9.17) is 18.9 Å². The normalized spacial score (nSPS) is 17.5. The average molecular weight is 336 g/mol. The molecule has 0 saturated carbocycles. The topological polar surface area (TPSA) is 54.0 Å². The summed E-state index contributed by atoms with van der Waals surface area (Å²) in [6.45, 7) is 5.70. The standard InChI is InChI=1S/C19H28O5/c1-19(2)12-23-18(24-13-19)8-6-5-7-16(20)15-11-14(21-3)9-10-17(15)22-4/h9-11,18H,5-8,12-13H2,1-4H3. The fraction of sp³-hybridized carbons (Fsp3) is 0.632. The molecule has 2 rings (SSSR count). The number of ketones is 1. The molecule has 0 aromatic heterocycles. The Hall–Kier alpha value is -1.59. The first-order valence-corrected chi connectivity index (χ1v) is 8.43. The number of carbonyl (C=O) groups excluding carboxylic acids is 1. The predicted octanol–water partition coefficient (Wildman–Crippen LogP) is 3.85. The van der Waals surface area contributed by atoms with Gasteiger partial charge in [0, 0.05) is 11.8 Å². The van der Waals surface area contributed by atoms with E-state index in [-0.39, 0.29) is 17.5 Å². The van der Waals surface area contributed by atoms with Gasteiger partial charge in [0.05, 0.1) is 33.0 Å². The van der Waals surface area contributed by atoms with Gasteiger partial charge in [0.1, 0.15) is 11.5 Å². The summed E-state index contributed by atoms with van der Waals surface area (Å²) in [7, 11) is 3.15. The third-order valence-electron chi connectivity index (χ3n) is 4.12. The van der Waals surface area contributed by atoms with Crippen LogP contribution in [-0.2, 0) is 9.47 Å². The van der Waals surface area contributed by atoms with E-state index in [0.29, 0.717) is 23.5 Å². The molecule has 1 aromatic carbocycles. The van der Waals surface area contributed by atoms with E-state index >= 15 is 0 Å². The minimum absolute atomic E-state index is 0.0670. The molecule has 1 aliphatic rings. The maximum absolute atomic E-state index is 12.4. The molecule has 1 aliphatic heterocycles. The van der Waals surface area contributed by atoms with E-state index in [2.05, 4.69) is 13.8 Å². The van der Waals surface area contributed by atoms with Crippen LogP contribution in [0.5, 0.6) is 11.5 Å². The Labute approximate surface area is 144 Å². The van der Waals surface area contributed by atoms with Crippen molar-refractivity contribution in [3.05, 3.63) is 23.8 Å². The molecule has 5 heteroatoms. The first kappa shape index (κ1) is 18.7. The Balaban J connectivity index is 1.77. The van der Waals surface area contributed by atoms with Crippen LogP contribution in [0, 0.1) is 5.41 Å². The number of methoxy groups -OCH3 is 2. The van der Waals surface area contributed by atoms with Gasteiger partial charge in [0.15, 0.2) is 12.1 Å². The van der Waals surface area contributed by atoms with Gasteiger partial charge in [0.25, 0.3) is 0 Å². The third kappa shape index (κ3) is 5.21. The minimum atomic E-state index is -0.139. The molecule has 0 atom stereocenters. The molecule has 1 fully saturated rings. The number of carbonyl (C=O) groups is 1. The van der Waals surface area contributed by atoms with Gasteiger partial charge in [0.2, 0.25) is 0 Å². The molecule has 5 nitrogen and oxygen atoms in total. The molecule has 134 valence electrons. The van der Waals surface area contributed by atoms with Crippen molar-refractivity contribution < 1.29 is 23.7 Å². The quantitative estimate of drug-likeness (QED) is 0.533. The Bertz CT molecular complexity index is 543. The Kier molecular flexibility index (Phi) is 6.63. The largest absolute Gasteiger partial charge is 0.497 e. The Morgan fingerprint density at radius 1 is 1.17 bits per heavy atom. The van der Waals surface area contributed by atoms with E-state index in [1.54, 1.807) is 32.4 Å². The van der Waals surface area contributed by atoms with Crippen molar-refractivity contribution in [1.29, 1.82) is 0 Å². The second-order valence-electron chi connectivity index (χ2n) is 6.95. The van der Waals surface area contributed by atoms with Gasteiger partial charge in [-0.1, -0.05) is 13.8 Å². The highest BCUT2D eigenvalue weighted by atomic mass is 16.7. The summed E-state index contributed by atoms with van der Waals surface area (Å²) in [6, 6.07) is 5.28. The summed E-state index contributed by atoms with van der Waals surface area (Å²) in [5, 5.41) is 0. The van der Waals surface area contributed by atoms with Crippen molar-refractivity contribution in [2.75, 3.05) is 27.4 Å². The number of benzene rings is 1. The lowest BCUT2D eigenvalue weighted by molar-refractivity contribution is -0.224. The number of hydrogen-bond acceptors (Lipinski definition) is 5. The number of hydrogen-bond donors (Lipinski definition) is 0. The average Bonchev–Trinajstić information content (AvgIpc) is 2.59. The number of Topliss-reactive ketones (excluding diaryl/α,β-unsaturated/α-hetero) is 1. The molecule has 1 saturated heterocycles. The van der Waals surface area contributed by atoms with Crippen LogP contribution in [0.4, 0.5) is 0 Å². The van der Waals surface area contributed by atoms with Crippen LogP contribution in [0.2, 0.25) is 0 Å². The van der Waals surface area contributed by atoms with Gasteiger partial charge >= 0.3 is 0 Å². The van der Waals surface area contributed by atoms with Crippen molar-refractivity contribution in [3.63, 3.8) is 0 Å². The van der Waals surface area contributed by atoms with Crippen LogP contribution in [0.15, 0.2) is 18.2 Å². The van der Waals surface area contributed by atoms with Crippen molar-refractivity contribution in [3.8, 4) is 11.5 Å². The van der Waals surface area contributed by atoms with Crippen LogP contribution in [0.1, 0.15) is 49.9 Å². The first-order valence-electron chi connectivity index (χ1n) is 8.43. The second kappa shape index (κ2) is 8.49. The minimum Gasteiger partial charge on any atom is -0.497 e. The molecule has 0 spiro atoms. The van der Waals surface area contributed by atoms with Crippen molar-refractivity contribution >= 4 is 5.78 Å². The zero-order valence-electron chi connectivity index (χ0n) is 15.1. The Morgan fingerprint density at radius 3 is 2.50 bits per heavy atom. The zero-order chi connectivity index (χ0) is 17.6. The summed E-state index contributed by atoms with van der Waals surface area (Å²) in [5.74, 6) is 1.31. The van der Waals surface area contributed by atoms with Crippen LogP contribution in [-0.4, -0.2) is 39.5 Å². The molecule has 0 aliphatic carbocycles. The predicted molar refractivity (Wildman–Crippen MR) is 91.8 cm³/mol. The van der Waals surface area contributed by atoms with Gasteiger partial charge in [-0.2, -0.15) is 0 Å². The summed E-state index contributed by atoms with van der Waals surface area (Å²) in [6.07, 6.45) is 2.84. The van der Waals surface area contributed by atoms with E-state index in [9.17, 15) is 4.79 Å². The van der Waals surface area contributed by atoms with Crippen LogP contribution in [0.25, 0.3) is 0 Å². The Morgan fingerprint density at radius 2 is 1.88 bits per heavy atom. The summed E-state index contributed by atoms with van der Waals surface area (Å²) >= 11 is 0. The molecule has 0 unspecified atom stereocenters. The highest BCUT2D eigenvalue weighted by Crippen LogP contribution is 2.27. The van der Waals surface area contributed by atoms with Crippen molar-refractivity contribution in [1.82, 2.24) is 0 Å². The zero-order valence-corrected chi connectivity index (χ0v) is 15.1. The first-order chi connectivity index (χ1) is 11.4. The van der Waals surface area contributed by atoms with Crippen LogP contribution >= 0.6 is 0 Å². The van der Waals surface area contributed by atoms with E-state index < -0.39 is 0 Å². The van der Waals surface area contributed by atoms with Gasteiger partial charge in [-0.25, -0.2) is 0 Å². The number of unbranched alkanes of at least 4 members (excludes halogenated alkanes) is 1. The van der Waals surface area contributed by atoms with Gasteiger partial charge in [-0.3, -0.25) is 4.79 Å². The third-order valence-corrected chi connectivity index (χ3v) is 4.12. The van der Waals surface area contributed by atoms with Gasteiger partial charge in [-0.05, 0) is 37.5 Å².